The maximum atomic E-state index is 13.4. The van der Waals surface area contributed by atoms with Gasteiger partial charge < -0.3 is 25.8 Å². The number of carbonyl (C=O) groups excluding carboxylic acids is 3. The van der Waals surface area contributed by atoms with Crippen LogP contribution in [0.25, 0.3) is 0 Å². The molecule has 238 valence electrons. The van der Waals surface area contributed by atoms with Crippen LogP contribution in [-0.2, 0) is 25.7 Å². The van der Waals surface area contributed by atoms with Crippen LogP contribution in [0.4, 0.5) is 0 Å². The van der Waals surface area contributed by atoms with Crippen LogP contribution in [0.2, 0.25) is 0 Å². The minimum atomic E-state index is -1.01. The van der Waals surface area contributed by atoms with Gasteiger partial charge in [-0.05, 0) is 69.4 Å². The highest BCUT2D eigenvalue weighted by Crippen LogP contribution is 2.32. The number of piperidine rings is 2. The molecule has 0 radical (unpaired) electrons. The number of fused-ring (bicyclic) bond motifs is 1. The Morgan fingerprint density at radius 3 is 2.40 bits per heavy atom. The molecule has 0 saturated carbocycles. The van der Waals surface area contributed by atoms with Crippen LogP contribution < -0.4 is 16.0 Å². The molecule has 5 rings (SSSR count). The second kappa shape index (κ2) is 15.0. The average molecular weight is 598 g/mol. The molecule has 4 atom stereocenters. The fourth-order valence-electron chi connectivity index (χ4n) is 7.54. The van der Waals surface area contributed by atoms with Crippen LogP contribution >= 0.6 is 0 Å². The lowest BCUT2D eigenvalue weighted by Crippen LogP contribution is -2.58. The van der Waals surface area contributed by atoms with Gasteiger partial charge in [0.25, 0.3) is 0 Å². The van der Waals surface area contributed by atoms with Gasteiger partial charge in [-0.15, -0.1) is 0 Å². The van der Waals surface area contributed by atoms with Gasteiger partial charge in [0.1, 0.15) is 0 Å². The summed E-state index contributed by atoms with van der Waals surface area (Å²) in [6, 6.07) is 10.3. The predicted molar refractivity (Wildman–Crippen MR) is 164 cm³/mol. The third-order valence-corrected chi connectivity index (χ3v) is 10.2. The lowest BCUT2D eigenvalue weighted by molar-refractivity contribution is -0.130. The standard InChI is InChI=1S/C33H51N5O5/c1-24-29(39)20-31(41)36-33(11-15-37(16-12-33)22-25-5-3-2-4-6-25)21-32(42)34-13-7-27-23-38(28-9-17-43-18-10-28)14-8-26(27)19-30(40)35-24/h2-6,24,26-29,39H,7-23H2,1H3,(H,34,42)(H,35,40)(H,36,41)/t24-,26-,27-,29-/m0/s1. The molecule has 0 aliphatic carbocycles. The van der Waals surface area contributed by atoms with Crippen LogP contribution in [0.1, 0.15) is 70.3 Å². The number of ether oxygens (including phenoxy) is 1. The highest BCUT2D eigenvalue weighted by atomic mass is 16.5. The maximum absolute atomic E-state index is 13.4. The summed E-state index contributed by atoms with van der Waals surface area (Å²) >= 11 is 0. The van der Waals surface area contributed by atoms with Crippen LogP contribution in [0.3, 0.4) is 0 Å². The van der Waals surface area contributed by atoms with Crippen LogP contribution in [-0.4, -0.2) is 102 Å². The van der Waals surface area contributed by atoms with Gasteiger partial charge in [-0.3, -0.25) is 24.2 Å². The van der Waals surface area contributed by atoms with Gasteiger partial charge in [-0.2, -0.15) is 0 Å². The molecule has 1 aromatic rings. The second-order valence-electron chi connectivity index (χ2n) is 13.4. The van der Waals surface area contributed by atoms with Gasteiger partial charge in [-0.25, -0.2) is 0 Å². The van der Waals surface area contributed by atoms with Crippen molar-refractivity contribution >= 4 is 17.7 Å². The zero-order chi connectivity index (χ0) is 30.2. The van der Waals surface area contributed by atoms with Crippen molar-refractivity contribution in [3.63, 3.8) is 0 Å². The number of hydrogen-bond donors (Lipinski definition) is 4. The van der Waals surface area contributed by atoms with E-state index in [1.165, 1.54) is 5.56 Å². The molecule has 0 bridgehead atoms. The molecule has 0 unspecified atom stereocenters. The highest BCUT2D eigenvalue weighted by molar-refractivity contribution is 5.81. The van der Waals surface area contributed by atoms with E-state index in [0.717, 1.165) is 71.6 Å². The van der Waals surface area contributed by atoms with Gasteiger partial charge in [0.05, 0.1) is 24.1 Å². The fourth-order valence-corrected chi connectivity index (χ4v) is 7.54. The summed E-state index contributed by atoms with van der Waals surface area (Å²) in [4.78, 5) is 44.5. The first kappa shape index (κ1) is 31.9. The van der Waals surface area contributed by atoms with Crippen LogP contribution in [0.15, 0.2) is 30.3 Å². The minimum absolute atomic E-state index is 0.0517. The normalized spacial score (nSPS) is 31.1. The zero-order valence-corrected chi connectivity index (χ0v) is 25.8. The van der Waals surface area contributed by atoms with Gasteiger partial charge >= 0.3 is 0 Å². The molecule has 4 heterocycles. The van der Waals surface area contributed by atoms with Crippen molar-refractivity contribution in [2.75, 3.05) is 45.9 Å². The Labute approximate surface area is 256 Å². The van der Waals surface area contributed by atoms with Gasteiger partial charge in [-0.1, -0.05) is 30.3 Å². The van der Waals surface area contributed by atoms with E-state index in [2.05, 4.69) is 37.9 Å². The van der Waals surface area contributed by atoms with E-state index in [9.17, 15) is 19.5 Å². The molecule has 10 nitrogen and oxygen atoms in total. The van der Waals surface area contributed by atoms with Gasteiger partial charge in [0.15, 0.2) is 0 Å². The minimum Gasteiger partial charge on any atom is -0.390 e. The number of likely N-dealkylation sites (tertiary alicyclic amines) is 2. The summed E-state index contributed by atoms with van der Waals surface area (Å²) in [7, 11) is 0. The van der Waals surface area contributed by atoms with Crippen molar-refractivity contribution in [2.45, 2.75) is 95.0 Å². The lowest BCUT2D eigenvalue weighted by Gasteiger charge is -2.44. The molecular formula is C33H51N5O5. The summed E-state index contributed by atoms with van der Waals surface area (Å²) in [6.07, 6.45) is 4.64. The molecule has 4 fully saturated rings. The summed E-state index contributed by atoms with van der Waals surface area (Å²) in [6.45, 7) is 8.18. The van der Waals surface area contributed by atoms with Crippen molar-refractivity contribution in [3.8, 4) is 0 Å². The molecule has 1 spiro atoms. The van der Waals surface area contributed by atoms with Crippen molar-refractivity contribution in [3.05, 3.63) is 35.9 Å². The van der Waals surface area contributed by atoms with Crippen LogP contribution in [0.5, 0.6) is 0 Å². The topological polar surface area (TPSA) is 123 Å². The molecule has 10 heteroatoms. The number of benzene rings is 1. The molecule has 3 amide bonds. The smallest absolute Gasteiger partial charge is 0.223 e. The Morgan fingerprint density at radius 2 is 1.65 bits per heavy atom. The third kappa shape index (κ3) is 9.00. The van der Waals surface area contributed by atoms with E-state index >= 15 is 0 Å². The quantitative estimate of drug-likeness (QED) is 0.419. The average Bonchev–Trinajstić information content (AvgIpc) is 2.99. The van der Waals surface area contributed by atoms with E-state index in [-0.39, 0.29) is 36.5 Å². The van der Waals surface area contributed by atoms with E-state index in [0.29, 0.717) is 37.8 Å². The number of aliphatic hydroxyl groups is 1. The number of hydrogen-bond acceptors (Lipinski definition) is 7. The van der Waals surface area contributed by atoms with E-state index in [4.69, 9.17) is 4.74 Å². The summed E-state index contributed by atoms with van der Waals surface area (Å²) in [5.41, 5.74) is 0.582. The highest BCUT2D eigenvalue weighted by Gasteiger charge is 2.39. The third-order valence-electron chi connectivity index (χ3n) is 10.2. The number of carbonyl (C=O) groups is 3. The first-order valence-corrected chi connectivity index (χ1v) is 16.4. The molecule has 1 aromatic carbocycles. The monoisotopic (exact) mass is 597 g/mol. The van der Waals surface area contributed by atoms with Crippen molar-refractivity contribution in [2.24, 2.45) is 11.8 Å². The number of nitrogens with one attached hydrogen (secondary N) is 3. The largest absolute Gasteiger partial charge is 0.390 e. The lowest BCUT2D eigenvalue weighted by atomic mass is 9.79. The zero-order valence-electron chi connectivity index (χ0n) is 25.8. The van der Waals surface area contributed by atoms with E-state index in [1.807, 2.05) is 18.2 Å². The molecule has 4 N–H and O–H groups in total. The van der Waals surface area contributed by atoms with Gasteiger partial charge in [0.2, 0.25) is 17.7 Å². The second-order valence-corrected chi connectivity index (χ2v) is 13.4. The molecule has 4 aliphatic heterocycles. The first-order valence-electron chi connectivity index (χ1n) is 16.4. The molecule has 0 aromatic heterocycles. The maximum Gasteiger partial charge on any atom is 0.223 e. The van der Waals surface area contributed by atoms with E-state index in [1.54, 1.807) is 6.92 Å². The fraction of sp³-hybridized carbons (Fsp3) is 0.727. The predicted octanol–water partition coefficient (Wildman–Crippen LogP) is 1.81. The Hall–Kier alpha value is -2.53. The van der Waals surface area contributed by atoms with E-state index < -0.39 is 17.7 Å². The number of amides is 3. The molecule has 4 saturated heterocycles. The molecule has 43 heavy (non-hydrogen) atoms. The summed E-state index contributed by atoms with van der Waals surface area (Å²) < 4.78 is 5.59. The molecule has 4 aliphatic rings. The number of rotatable bonds is 3. The van der Waals surface area contributed by atoms with Crippen molar-refractivity contribution in [1.82, 2.24) is 25.8 Å². The number of aliphatic hydroxyl groups excluding tert-OH is 1. The van der Waals surface area contributed by atoms with Crippen molar-refractivity contribution in [1.29, 1.82) is 0 Å². The number of nitrogens with zero attached hydrogens (tertiary/aromatic N) is 2. The SMILES string of the molecule is C[C@@H]1NC(=O)C[C@@H]2CCN(C3CCOCC3)C[C@@H]2CCNC(=O)CC2(CCN(Cc3ccccc3)CC2)NC(=O)C[C@@H]1O. The Bertz CT molecular complexity index is 1070. The van der Waals surface area contributed by atoms with Crippen LogP contribution in [0, 0.1) is 11.8 Å². The van der Waals surface area contributed by atoms with Gasteiger partial charge in [0, 0.05) is 64.8 Å². The Morgan fingerprint density at radius 1 is 0.907 bits per heavy atom. The summed E-state index contributed by atoms with van der Waals surface area (Å²) in [5, 5.41) is 20.2. The first-order chi connectivity index (χ1) is 20.8. The molecular weight excluding hydrogens is 546 g/mol. The Balaban J connectivity index is 1.26. The Kier molecular flexibility index (Phi) is 11.1. The van der Waals surface area contributed by atoms with Crippen molar-refractivity contribution < 1.29 is 24.2 Å². The summed E-state index contributed by atoms with van der Waals surface area (Å²) in [5.74, 6) is 0.0918.